The van der Waals surface area contributed by atoms with Crippen LogP contribution in [0, 0.1) is 11.8 Å². The normalized spacial score (nSPS) is 20.6. The van der Waals surface area contributed by atoms with Crippen LogP contribution >= 0.6 is 0 Å². The van der Waals surface area contributed by atoms with Gasteiger partial charge in [0, 0.05) is 13.1 Å². The first-order chi connectivity index (χ1) is 8.93. The molecule has 2 N–H and O–H groups in total. The first kappa shape index (κ1) is 15.8. The number of amides is 2. The van der Waals surface area contributed by atoms with Gasteiger partial charge in [0.2, 0.25) is 0 Å². The maximum Gasteiger partial charge on any atom is 0.326 e. The van der Waals surface area contributed by atoms with Gasteiger partial charge in [-0.3, -0.25) is 0 Å². The van der Waals surface area contributed by atoms with Crippen LogP contribution in [0.2, 0.25) is 0 Å². The van der Waals surface area contributed by atoms with Crippen molar-refractivity contribution in [2.45, 2.75) is 52.5 Å². The molecule has 1 fully saturated rings. The molecule has 0 saturated carbocycles. The summed E-state index contributed by atoms with van der Waals surface area (Å²) < 4.78 is 0. The van der Waals surface area contributed by atoms with Gasteiger partial charge < -0.3 is 15.3 Å². The highest BCUT2D eigenvalue weighted by molar-refractivity contribution is 5.82. The topological polar surface area (TPSA) is 69.6 Å². The Hall–Kier alpha value is -1.26. The molecule has 0 bridgehead atoms. The first-order valence-corrected chi connectivity index (χ1v) is 7.22. The Morgan fingerprint density at radius 1 is 1.42 bits per heavy atom. The van der Waals surface area contributed by atoms with Crippen LogP contribution in [0.15, 0.2) is 0 Å². The number of nitrogens with one attached hydrogen (secondary N) is 1. The lowest BCUT2D eigenvalue weighted by atomic mass is 10.0. The number of hydrogen-bond donors (Lipinski definition) is 2. The molecular formula is C14H26N2O3. The van der Waals surface area contributed by atoms with Gasteiger partial charge in [0.15, 0.2) is 0 Å². The summed E-state index contributed by atoms with van der Waals surface area (Å²) in [6, 6.07) is -1.01. The fraction of sp³-hybridized carbons (Fsp3) is 0.857. The minimum Gasteiger partial charge on any atom is -0.480 e. The minimum atomic E-state index is -0.952. The van der Waals surface area contributed by atoms with Crippen molar-refractivity contribution in [2.75, 3.05) is 13.1 Å². The molecule has 1 aliphatic rings. The second kappa shape index (κ2) is 7.36. The predicted molar refractivity (Wildman–Crippen MR) is 74.0 cm³/mol. The first-order valence-electron chi connectivity index (χ1n) is 7.22. The Labute approximate surface area is 115 Å². The van der Waals surface area contributed by atoms with Crippen LogP contribution in [0.1, 0.15) is 46.5 Å². The van der Waals surface area contributed by atoms with E-state index in [9.17, 15) is 9.59 Å². The van der Waals surface area contributed by atoms with Gasteiger partial charge in [-0.1, -0.05) is 27.2 Å². The molecule has 0 aromatic rings. The number of carboxylic acids is 1. The van der Waals surface area contributed by atoms with Crippen LogP contribution in [-0.2, 0) is 4.79 Å². The van der Waals surface area contributed by atoms with Gasteiger partial charge in [0.05, 0.1) is 0 Å². The van der Waals surface area contributed by atoms with Gasteiger partial charge in [0.1, 0.15) is 6.04 Å². The van der Waals surface area contributed by atoms with Crippen molar-refractivity contribution in [2.24, 2.45) is 11.8 Å². The fourth-order valence-corrected chi connectivity index (χ4v) is 2.59. The summed E-state index contributed by atoms with van der Waals surface area (Å²) in [5.74, 6) is -0.136. The average molecular weight is 270 g/mol. The van der Waals surface area contributed by atoms with Gasteiger partial charge in [-0.15, -0.1) is 0 Å². The van der Waals surface area contributed by atoms with Gasteiger partial charge in [0.25, 0.3) is 0 Å². The lowest BCUT2D eigenvalue weighted by Crippen LogP contribution is -2.47. The third kappa shape index (κ3) is 5.09. The van der Waals surface area contributed by atoms with E-state index in [1.807, 2.05) is 13.8 Å². The van der Waals surface area contributed by atoms with Crippen LogP contribution < -0.4 is 5.32 Å². The fourth-order valence-electron chi connectivity index (χ4n) is 2.59. The SMILES string of the molecule is CCCC1CCN(C(=O)N[C@@H](CC(C)C)C(=O)O)C1. The summed E-state index contributed by atoms with van der Waals surface area (Å²) in [6.45, 7) is 7.55. The maximum atomic E-state index is 12.0. The Morgan fingerprint density at radius 2 is 2.11 bits per heavy atom. The molecule has 5 heteroatoms. The highest BCUT2D eigenvalue weighted by Gasteiger charge is 2.28. The van der Waals surface area contributed by atoms with E-state index in [2.05, 4.69) is 12.2 Å². The maximum absolute atomic E-state index is 12.0. The van der Waals surface area contributed by atoms with Crippen LogP contribution in [0.4, 0.5) is 4.79 Å². The van der Waals surface area contributed by atoms with Gasteiger partial charge in [-0.2, -0.15) is 0 Å². The van der Waals surface area contributed by atoms with E-state index in [4.69, 9.17) is 5.11 Å². The molecular weight excluding hydrogens is 244 g/mol. The third-order valence-corrected chi connectivity index (χ3v) is 3.57. The monoisotopic (exact) mass is 270 g/mol. The lowest BCUT2D eigenvalue weighted by molar-refractivity contribution is -0.139. The van der Waals surface area contributed by atoms with E-state index in [0.29, 0.717) is 12.3 Å². The summed E-state index contributed by atoms with van der Waals surface area (Å²) in [5.41, 5.74) is 0. The molecule has 0 aromatic carbocycles. The van der Waals surface area contributed by atoms with Crippen LogP contribution in [-0.4, -0.2) is 41.1 Å². The Bertz CT molecular complexity index is 318. The zero-order valence-electron chi connectivity index (χ0n) is 12.2. The molecule has 2 amide bonds. The summed E-state index contributed by atoms with van der Waals surface area (Å²) >= 11 is 0. The van der Waals surface area contributed by atoms with E-state index < -0.39 is 12.0 Å². The molecule has 0 spiro atoms. The van der Waals surface area contributed by atoms with E-state index >= 15 is 0 Å². The molecule has 1 saturated heterocycles. The van der Waals surface area contributed by atoms with E-state index in [-0.39, 0.29) is 11.9 Å². The van der Waals surface area contributed by atoms with E-state index in [0.717, 1.165) is 32.4 Å². The number of carboxylic acid groups (broad SMARTS) is 1. The molecule has 5 nitrogen and oxygen atoms in total. The molecule has 1 unspecified atom stereocenters. The van der Waals surface area contributed by atoms with Gasteiger partial charge >= 0.3 is 12.0 Å². The minimum absolute atomic E-state index is 0.230. The van der Waals surface area contributed by atoms with Crippen LogP contribution in [0.25, 0.3) is 0 Å². The summed E-state index contributed by atoms with van der Waals surface area (Å²) in [5, 5.41) is 11.8. The molecule has 110 valence electrons. The summed E-state index contributed by atoms with van der Waals surface area (Å²) in [7, 11) is 0. The molecule has 0 radical (unpaired) electrons. The summed E-state index contributed by atoms with van der Waals surface area (Å²) in [6.07, 6.45) is 3.76. The van der Waals surface area contributed by atoms with Gasteiger partial charge in [-0.25, -0.2) is 9.59 Å². The molecule has 1 rings (SSSR count). The van der Waals surface area contributed by atoms with Crippen molar-refractivity contribution in [1.82, 2.24) is 10.2 Å². The van der Waals surface area contributed by atoms with Crippen molar-refractivity contribution >= 4 is 12.0 Å². The smallest absolute Gasteiger partial charge is 0.326 e. The van der Waals surface area contributed by atoms with Crippen LogP contribution in [0.3, 0.4) is 0 Å². The van der Waals surface area contributed by atoms with E-state index in [1.54, 1.807) is 4.90 Å². The zero-order chi connectivity index (χ0) is 14.4. The highest BCUT2D eigenvalue weighted by Crippen LogP contribution is 2.20. The number of aliphatic carboxylic acids is 1. The van der Waals surface area contributed by atoms with Crippen LogP contribution in [0.5, 0.6) is 0 Å². The second-order valence-corrected chi connectivity index (χ2v) is 5.86. The Kier molecular flexibility index (Phi) is 6.12. The van der Waals surface area contributed by atoms with E-state index in [1.165, 1.54) is 0 Å². The quantitative estimate of drug-likeness (QED) is 0.778. The number of rotatable bonds is 6. The number of carbonyl (C=O) groups excluding carboxylic acids is 1. The largest absolute Gasteiger partial charge is 0.480 e. The molecule has 1 heterocycles. The van der Waals surface area contributed by atoms with Crippen molar-refractivity contribution in [3.63, 3.8) is 0 Å². The molecule has 2 atom stereocenters. The number of nitrogens with zero attached hydrogens (tertiary/aromatic N) is 1. The highest BCUT2D eigenvalue weighted by atomic mass is 16.4. The summed E-state index contributed by atoms with van der Waals surface area (Å²) in [4.78, 5) is 24.9. The number of urea groups is 1. The second-order valence-electron chi connectivity index (χ2n) is 5.86. The van der Waals surface area contributed by atoms with Crippen molar-refractivity contribution in [3.05, 3.63) is 0 Å². The molecule has 0 aromatic heterocycles. The van der Waals surface area contributed by atoms with Crippen molar-refractivity contribution in [3.8, 4) is 0 Å². The number of likely N-dealkylation sites (tertiary alicyclic amines) is 1. The Balaban J connectivity index is 2.47. The molecule has 19 heavy (non-hydrogen) atoms. The molecule has 1 aliphatic heterocycles. The average Bonchev–Trinajstić information content (AvgIpc) is 2.76. The van der Waals surface area contributed by atoms with Gasteiger partial charge in [-0.05, 0) is 31.1 Å². The molecule has 0 aliphatic carbocycles. The lowest BCUT2D eigenvalue weighted by Gasteiger charge is -2.22. The third-order valence-electron chi connectivity index (χ3n) is 3.57. The zero-order valence-corrected chi connectivity index (χ0v) is 12.2. The number of hydrogen-bond acceptors (Lipinski definition) is 2. The Morgan fingerprint density at radius 3 is 2.63 bits per heavy atom. The number of carbonyl (C=O) groups is 2. The van der Waals surface area contributed by atoms with Crippen molar-refractivity contribution < 1.29 is 14.7 Å². The standard InChI is InChI=1S/C14H26N2O3/c1-4-5-11-6-7-16(9-11)14(19)15-12(13(17)18)8-10(2)3/h10-12H,4-9H2,1-3H3,(H,15,19)(H,17,18)/t11?,12-/m0/s1. The van der Waals surface area contributed by atoms with Crippen molar-refractivity contribution in [1.29, 1.82) is 0 Å². The predicted octanol–water partition coefficient (Wildman–Crippen LogP) is 2.32.